The largest absolute Gasteiger partial charge is 0.449 e. The van der Waals surface area contributed by atoms with Crippen molar-refractivity contribution in [2.45, 2.75) is 45.6 Å². The molecular weight excluding hydrogens is 386 g/mol. The zero-order valence-corrected chi connectivity index (χ0v) is 18.3. The van der Waals surface area contributed by atoms with E-state index in [1.807, 2.05) is 66.7 Å². The van der Waals surface area contributed by atoms with E-state index in [1.54, 1.807) is 19.1 Å². The molecule has 0 heterocycles. The van der Waals surface area contributed by atoms with Crippen LogP contribution in [0.1, 0.15) is 60.2 Å². The molecule has 0 aliphatic heterocycles. The normalized spacial score (nSPS) is 12.6. The fourth-order valence-corrected chi connectivity index (χ4v) is 3.46. The van der Waals surface area contributed by atoms with Gasteiger partial charge in [-0.25, -0.2) is 4.79 Å². The molecule has 4 heteroatoms. The van der Waals surface area contributed by atoms with Crippen LogP contribution in [0, 0.1) is 0 Å². The molecule has 1 N–H and O–H groups in total. The minimum atomic E-state index is -0.915. The maximum Gasteiger partial charge on any atom is 0.339 e. The average Bonchev–Trinajstić information content (AvgIpc) is 2.79. The van der Waals surface area contributed by atoms with Crippen LogP contribution in [0.2, 0.25) is 0 Å². The minimum Gasteiger partial charge on any atom is -0.449 e. The third-order valence-corrected chi connectivity index (χ3v) is 5.49. The summed E-state index contributed by atoms with van der Waals surface area (Å²) >= 11 is 0. The van der Waals surface area contributed by atoms with E-state index in [4.69, 9.17) is 4.74 Å². The molecule has 1 amide bonds. The van der Waals surface area contributed by atoms with Crippen LogP contribution in [0.25, 0.3) is 0 Å². The summed E-state index contributed by atoms with van der Waals surface area (Å²) in [5.41, 5.74) is 4.29. The third-order valence-electron chi connectivity index (χ3n) is 5.49. The second kappa shape index (κ2) is 10.6. The van der Waals surface area contributed by atoms with Crippen LogP contribution < -0.4 is 5.32 Å². The molecule has 0 spiro atoms. The maximum atomic E-state index is 12.8. The van der Waals surface area contributed by atoms with Crippen molar-refractivity contribution in [1.82, 2.24) is 0 Å². The lowest BCUT2D eigenvalue weighted by atomic mass is 9.97. The highest BCUT2D eigenvalue weighted by Gasteiger charge is 2.22. The number of hydrogen-bond donors (Lipinski definition) is 1. The Morgan fingerprint density at radius 1 is 0.871 bits per heavy atom. The molecule has 0 radical (unpaired) electrons. The Bertz CT molecular complexity index is 1030. The van der Waals surface area contributed by atoms with Gasteiger partial charge in [0.25, 0.3) is 5.91 Å². The van der Waals surface area contributed by atoms with E-state index in [0.717, 1.165) is 28.8 Å². The lowest BCUT2D eigenvalue weighted by molar-refractivity contribution is -0.123. The van der Waals surface area contributed by atoms with Crippen LogP contribution in [-0.2, 0) is 16.0 Å². The number of carbonyl (C=O) groups is 2. The molecule has 0 saturated heterocycles. The molecule has 2 atom stereocenters. The van der Waals surface area contributed by atoms with Gasteiger partial charge in [-0.1, -0.05) is 80.6 Å². The first kappa shape index (κ1) is 22.3. The van der Waals surface area contributed by atoms with Gasteiger partial charge in [0, 0.05) is 5.69 Å². The number of esters is 1. The Labute approximate surface area is 184 Å². The van der Waals surface area contributed by atoms with Crippen LogP contribution in [-0.4, -0.2) is 18.0 Å². The van der Waals surface area contributed by atoms with Gasteiger partial charge in [-0.15, -0.1) is 0 Å². The molecular formula is C27H29NO3. The van der Waals surface area contributed by atoms with Gasteiger partial charge in [-0.05, 0) is 54.5 Å². The van der Waals surface area contributed by atoms with Gasteiger partial charge in [0.15, 0.2) is 6.10 Å². The molecule has 3 aromatic rings. The zero-order valence-electron chi connectivity index (χ0n) is 18.3. The number of nitrogens with one attached hydrogen (secondary N) is 1. The molecule has 160 valence electrons. The first-order valence-electron chi connectivity index (χ1n) is 10.7. The summed E-state index contributed by atoms with van der Waals surface area (Å²) in [6, 6.07) is 25.0. The third kappa shape index (κ3) is 5.82. The summed E-state index contributed by atoms with van der Waals surface area (Å²) < 4.78 is 5.52. The van der Waals surface area contributed by atoms with Crippen LogP contribution >= 0.6 is 0 Å². The number of benzene rings is 3. The topological polar surface area (TPSA) is 55.4 Å². The molecule has 0 saturated carbocycles. The summed E-state index contributed by atoms with van der Waals surface area (Å²) in [5, 5.41) is 2.92. The fourth-order valence-electron chi connectivity index (χ4n) is 3.46. The van der Waals surface area contributed by atoms with Crippen LogP contribution in [0.5, 0.6) is 0 Å². The number of amides is 1. The van der Waals surface area contributed by atoms with Crippen LogP contribution in [0.3, 0.4) is 0 Å². The van der Waals surface area contributed by atoms with Crippen molar-refractivity contribution in [3.05, 3.63) is 101 Å². The quantitative estimate of drug-likeness (QED) is 0.461. The van der Waals surface area contributed by atoms with Crippen molar-refractivity contribution in [3.63, 3.8) is 0 Å². The molecule has 0 aliphatic carbocycles. The Kier molecular flexibility index (Phi) is 7.60. The van der Waals surface area contributed by atoms with Crippen molar-refractivity contribution in [1.29, 1.82) is 0 Å². The summed E-state index contributed by atoms with van der Waals surface area (Å²) in [6.45, 7) is 5.83. The van der Waals surface area contributed by atoms with Crippen molar-refractivity contribution in [2.24, 2.45) is 0 Å². The molecule has 0 aliphatic rings. The van der Waals surface area contributed by atoms with Gasteiger partial charge < -0.3 is 10.1 Å². The standard InChI is InChI=1S/C27H29NO3/c1-4-19(2)23-15-10-11-17-25(23)28-26(29)20(3)31-27(30)24-16-9-8-14-22(24)18-21-12-6-5-7-13-21/h5-17,19-20H,4,18H2,1-3H3,(H,28,29)/t19-,20-/m1/s1. The molecule has 0 fully saturated rings. The highest BCUT2D eigenvalue weighted by molar-refractivity contribution is 5.98. The average molecular weight is 416 g/mol. The molecule has 0 aromatic heterocycles. The zero-order chi connectivity index (χ0) is 22.2. The van der Waals surface area contributed by atoms with E-state index in [2.05, 4.69) is 19.2 Å². The van der Waals surface area contributed by atoms with Crippen molar-refractivity contribution in [2.75, 3.05) is 5.32 Å². The number of anilines is 1. The summed E-state index contributed by atoms with van der Waals surface area (Å²) in [5.74, 6) is -0.520. The van der Waals surface area contributed by atoms with E-state index in [0.29, 0.717) is 17.9 Å². The smallest absolute Gasteiger partial charge is 0.339 e. The second-order valence-electron chi connectivity index (χ2n) is 7.75. The second-order valence-corrected chi connectivity index (χ2v) is 7.75. The number of hydrogen-bond acceptors (Lipinski definition) is 3. The number of para-hydroxylation sites is 1. The van der Waals surface area contributed by atoms with Gasteiger partial charge in [0.1, 0.15) is 0 Å². The number of ether oxygens (including phenoxy) is 1. The highest BCUT2D eigenvalue weighted by Crippen LogP contribution is 2.26. The molecule has 3 aromatic carbocycles. The molecule has 31 heavy (non-hydrogen) atoms. The Morgan fingerprint density at radius 3 is 2.26 bits per heavy atom. The molecule has 0 bridgehead atoms. The van der Waals surface area contributed by atoms with Crippen LogP contribution in [0.15, 0.2) is 78.9 Å². The minimum absolute atomic E-state index is 0.319. The summed E-state index contributed by atoms with van der Waals surface area (Å²) in [6.07, 6.45) is 0.673. The summed E-state index contributed by atoms with van der Waals surface area (Å²) in [4.78, 5) is 25.6. The van der Waals surface area contributed by atoms with Crippen molar-refractivity contribution in [3.8, 4) is 0 Å². The van der Waals surface area contributed by atoms with E-state index < -0.39 is 12.1 Å². The SMILES string of the molecule is CC[C@@H](C)c1ccccc1NC(=O)[C@@H](C)OC(=O)c1ccccc1Cc1ccccc1. The van der Waals surface area contributed by atoms with Gasteiger partial charge in [-0.2, -0.15) is 0 Å². The van der Waals surface area contributed by atoms with Gasteiger partial charge in [-0.3, -0.25) is 4.79 Å². The number of rotatable bonds is 8. The van der Waals surface area contributed by atoms with Gasteiger partial charge in [0.05, 0.1) is 5.56 Å². The van der Waals surface area contributed by atoms with E-state index in [9.17, 15) is 9.59 Å². The van der Waals surface area contributed by atoms with Crippen molar-refractivity contribution >= 4 is 17.6 Å². The van der Waals surface area contributed by atoms with E-state index in [-0.39, 0.29) is 5.91 Å². The first-order chi connectivity index (χ1) is 15.0. The predicted octanol–water partition coefficient (Wildman–Crippen LogP) is 5.97. The Morgan fingerprint density at radius 2 is 1.52 bits per heavy atom. The lowest BCUT2D eigenvalue weighted by Gasteiger charge is -2.18. The Balaban J connectivity index is 1.69. The molecule has 3 rings (SSSR count). The lowest BCUT2D eigenvalue weighted by Crippen LogP contribution is -2.30. The van der Waals surface area contributed by atoms with Gasteiger partial charge in [0.2, 0.25) is 0 Å². The van der Waals surface area contributed by atoms with Gasteiger partial charge >= 0.3 is 5.97 Å². The van der Waals surface area contributed by atoms with Crippen LogP contribution in [0.4, 0.5) is 5.69 Å². The predicted molar refractivity (Wildman–Crippen MR) is 124 cm³/mol. The van der Waals surface area contributed by atoms with Crippen molar-refractivity contribution < 1.29 is 14.3 Å². The van der Waals surface area contributed by atoms with E-state index in [1.165, 1.54) is 0 Å². The molecule has 0 unspecified atom stereocenters. The highest BCUT2D eigenvalue weighted by atomic mass is 16.5. The number of carbonyl (C=O) groups excluding carboxylic acids is 2. The van der Waals surface area contributed by atoms with E-state index >= 15 is 0 Å². The molecule has 4 nitrogen and oxygen atoms in total. The fraction of sp³-hybridized carbons (Fsp3) is 0.259. The monoisotopic (exact) mass is 415 g/mol. The Hall–Kier alpha value is -3.40. The summed E-state index contributed by atoms with van der Waals surface area (Å²) in [7, 11) is 0. The first-order valence-corrected chi connectivity index (χ1v) is 10.7. The maximum absolute atomic E-state index is 12.8.